The number of carbonyl (C=O) groups is 1. The summed E-state index contributed by atoms with van der Waals surface area (Å²) in [6, 6.07) is 6.58. The lowest BCUT2D eigenvalue weighted by Gasteiger charge is -2.29. The van der Waals surface area contributed by atoms with Gasteiger partial charge < -0.3 is 15.0 Å². The minimum Gasteiger partial charge on any atom is -0.378 e. The average Bonchev–Trinajstić information content (AvgIpc) is 2.49. The van der Waals surface area contributed by atoms with Crippen LogP contribution < -0.4 is 5.32 Å². The minimum absolute atomic E-state index is 0.00623. The smallest absolute Gasteiger partial charge is 0.244 e. The van der Waals surface area contributed by atoms with Crippen LogP contribution in [-0.2, 0) is 9.53 Å². The Balaban J connectivity index is 2.05. The van der Waals surface area contributed by atoms with E-state index in [-0.39, 0.29) is 5.91 Å². The molecular formula is C14H16ClN3O2. The largest absolute Gasteiger partial charge is 0.378 e. The molecule has 1 saturated heterocycles. The van der Waals surface area contributed by atoms with Gasteiger partial charge in [0.25, 0.3) is 0 Å². The molecule has 0 radical (unpaired) electrons. The normalized spacial score (nSPS) is 16.4. The first-order valence-electron chi connectivity index (χ1n) is 6.44. The van der Waals surface area contributed by atoms with Crippen molar-refractivity contribution in [3.05, 3.63) is 28.8 Å². The van der Waals surface area contributed by atoms with E-state index in [9.17, 15) is 4.79 Å². The number of nitrogens with zero attached hydrogens (tertiary/aromatic N) is 2. The zero-order valence-corrected chi connectivity index (χ0v) is 12.0. The van der Waals surface area contributed by atoms with Gasteiger partial charge in [-0.25, -0.2) is 0 Å². The Kier molecular flexibility index (Phi) is 4.83. The number of anilines is 1. The van der Waals surface area contributed by atoms with Crippen molar-refractivity contribution in [3.63, 3.8) is 0 Å². The zero-order chi connectivity index (χ0) is 14.5. The van der Waals surface area contributed by atoms with Gasteiger partial charge in [-0.05, 0) is 25.1 Å². The summed E-state index contributed by atoms with van der Waals surface area (Å²) in [4.78, 5) is 14.0. The van der Waals surface area contributed by atoms with Crippen molar-refractivity contribution in [1.82, 2.24) is 4.90 Å². The van der Waals surface area contributed by atoms with E-state index in [2.05, 4.69) is 5.32 Å². The molecule has 0 aliphatic carbocycles. The Labute approximate surface area is 123 Å². The number of halogens is 1. The van der Waals surface area contributed by atoms with E-state index in [4.69, 9.17) is 21.6 Å². The number of benzene rings is 1. The summed E-state index contributed by atoms with van der Waals surface area (Å²) in [5.41, 5.74) is 1.10. The van der Waals surface area contributed by atoms with Crippen LogP contribution in [0.5, 0.6) is 0 Å². The van der Waals surface area contributed by atoms with Crippen LogP contribution in [0.4, 0.5) is 5.69 Å². The van der Waals surface area contributed by atoms with Gasteiger partial charge in [0.1, 0.15) is 6.04 Å². The van der Waals surface area contributed by atoms with Crippen molar-refractivity contribution in [2.75, 3.05) is 31.6 Å². The predicted octanol–water partition coefficient (Wildman–Crippen LogP) is 1.87. The van der Waals surface area contributed by atoms with E-state index >= 15 is 0 Å². The molecule has 1 N–H and O–H groups in total. The van der Waals surface area contributed by atoms with Crippen LogP contribution in [0.25, 0.3) is 0 Å². The maximum absolute atomic E-state index is 12.3. The van der Waals surface area contributed by atoms with Gasteiger partial charge >= 0.3 is 0 Å². The van der Waals surface area contributed by atoms with E-state index in [0.29, 0.717) is 42.6 Å². The van der Waals surface area contributed by atoms with Gasteiger partial charge in [0.05, 0.1) is 35.6 Å². The molecule has 6 heteroatoms. The zero-order valence-electron chi connectivity index (χ0n) is 11.2. The van der Waals surface area contributed by atoms with Gasteiger partial charge in [-0.15, -0.1) is 0 Å². The van der Waals surface area contributed by atoms with Gasteiger partial charge in [-0.3, -0.25) is 4.79 Å². The van der Waals surface area contributed by atoms with E-state index in [1.807, 2.05) is 6.07 Å². The number of nitrogens with one attached hydrogen (secondary N) is 1. The van der Waals surface area contributed by atoms with E-state index in [1.165, 1.54) is 0 Å². The summed E-state index contributed by atoms with van der Waals surface area (Å²) in [6.45, 7) is 4.15. The molecule has 1 atom stereocenters. The molecule has 0 spiro atoms. The topological polar surface area (TPSA) is 65.4 Å². The number of carbonyl (C=O) groups excluding carboxylic acids is 1. The summed E-state index contributed by atoms with van der Waals surface area (Å²) in [6.07, 6.45) is 0. The van der Waals surface area contributed by atoms with Gasteiger partial charge in [-0.2, -0.15) is 5.26 Å². The molecule has 1 aliphatic heterocycles. The van der Waals surface area contributed by atoms with Crippen molar-refractivity contribution >= 4 is 23.2 Å². The summed E-state index contributed by atoms with van der Waals surface area (Å²) in [5.74, 6) is 0.00623. The van der Waals surface area contributed by atoms with Crippen LogP contribution in [0.15, 0.2) is 18.2 Å². The predicted molar refractivity (Wildman–Crippen MR) is 76.7 cm³/mol. The SMILES string of the molecule is CC(Nc1cc(C#N)ccc1Cl)C(=O)N1CCOCC1. The Morgan fingerprint density at radius 3 is 2.85 bits per heavy atom. The second-order valence-electron chi connectivity index (χ2n) is 4.61. The maximum atomic E-state index is 12.3. The molecule has 0 aromatic heterocycles. The molecule has 1 unspecified atom stereocenters. The highest BCUT2D eigenvalue weighted by atomic mass is 35.5. The number of ether oxygens (including phenoxy) is 1. The van der Waals surface area contributed by atoms with Crippen LogP contribution in [0.2, 0.25) is 5.02 Å². The molecule has 0 bridgehead atoms. The third-order valence-electron chi connectivity index (χ3n) is 3.16. The third kappa shape index (κ3) is 3.41. The van der Waals surface area contributed by atoms with E-state index in [0.717, 1.165) is 0 Å². The monoisotopic (exact) mass is 293 g/mol. The Morgan fingerprint density at radius 1 is 1.50 bits per heavy atom. The first kappa shape index (κ1) is 14.6. The molecule has 1 aliphatic rings. The molecule has 1 aromatic carbocycles. The Hall–Kier alpha value is -1.77. The molecular weight excluding hydrogens is 278 g/mol. The second kappa shape index (κ2) is 6.60. The second-order valence-corrected chi connectivity index (χ2v) is 5.02. The first-order valence-corrected chi connectivity index (χ1v) is 6.82. The van der Waals surface area contributed by atoms with Crippen molar-refractivity contribution in [3.8, 4) is 6.07 Å². The fourth-order valence-electron chi connectivity index (χ4n) is 2.06. The highest BCUT2D eigenvalue weighted by Crippen LogP contribution is 2.23. The van der Waals surface area contributed by atoms with Crippen LogP contribution in [0.1, 0.15) is 12.5 Å². The number of nitriles is 1. The summed E-state index contributed by atoms with van der Waals surface area (Å²) < 4.78 is 5.23. The highest BCUT2D eigenvalue weighted by molar-refractivity contribution is 6.33. The lowest BCUT2D eigenvalue weighted by molar-refractivity contribution is -0.135. The van der Waals surface area contributed by atoms with Crippen molar-refractivity contribution in [2.24, 2.45) is 0 Å². The van der Waals surface area contributed by atoms with E-state index < -0.39 is 6.04 Å². The molecule has 20 heavy (non-hydrogen) atoms. The van der Waals surface area contributed by atoms with Crippen molar-refractivity contribution < 1.29 is 9.53 Å². The van der Waals surface area contributed by atoms with Gasteiger partial charge in [0, 0.05) is 13.1 Å². The van der Waals surface area contributed by atoms with Crippen LogP contribution in [0, 0.1) is 11.3 Å². The molecule has 1 aromatic rings. The van der Waals surface area contributed by atoms with Crippen LogP contribution in [-0.4, -0.2) is 43.2 Å². The molecule has 106 valence electrons. The number of hydrogen-bond donors (Lipinski definition) is 1. The summed E-state index contributed by atoms with van der Waals surface area (Å²) in [5, 5.41) is 12.4. The number of hydrogen-bond acceptors (Lipinski definition) is 4. The standard InChI is InChI=1S/C14H16ClN3O2/c1-10(14(19)18-4-6-20-7-5-18)17-13-8-11(9-16)2-3-12(13)15/h2-3,8,10,17H,4-7H2,1H3. The Bertz CT molecular complexity index is 536. The van der Waals surface area contributed by atoms with Gasteiger partial charge in [-0.1, -0.05) is 11.6 Å². The average molecular weight is 294 g/mol. The van der Waals surface area contributed by atoms with Crippen molar-refractivity contribution in [2.45, 2.75) is 13.0 Å². The number of amides is 1. The van der Waals surface area contributed by atoms with Crippen LogP contribution >= 0.6 is 11.6 Å². The number of morpholine rings is 1. The summed E-state index contributed by atoms with van der Waals surface area (Å²) >= 11 is 6.07. The highest BCUT2D eigenvalue weighted by Gasteiger charge is 2.22. The molecule has 1 heterocycles. The molecule has 2 rings (SSSR count). The Morgan fingerprint density at radius 2 is 2.20 bits per heavy atom. The lowest BCUT2D eigenvalue weighted by atomic mass is 10.2. The molecule has 1 amide bonds. The minimum atomic E-state index is -0.403. The quantitative estimate of drug-likeness (QED) is 0.924. The lowest BCUT2D eigenvalue weighted by Crippen LogP contribution is -2.47. The maximum Gasteiger partial charge on any atom is 0.244 e. The fraction of sp³-hybridized carbons (Fsp3) is 0.429. The molecule has 1 fully saturated rings. The van der Waals surface area contributed by atoms with E-state index in [1.54, 1.807) is 30.0 Å². The van der Waals surface area contributed by atoms with Crippen LogP contribution in [0.3, 0.4) is 0 Å². The van der Waals surface area contributed by atoms with Gasteiger partial charge in [0.2, 0.25) is 5.91 Å². The molecule has 0 saturated carbocycles. The molecule has 5 nitrogen and oxygen atoms in total. The summed E-state index contributed by atoms with van der Waals surface area (Å²) in [7, 11) is 0. The van der Waals surface area contributed by atoms with Gasteiger partial charge in [0.15, 0.2) is 0 Å². The first-order chi connectivity index (χ1) is 9.61. The third-order valence-corrected chi connectivity index (χ3v) is 3.49. The fourth-order valence-corrected chi connectivity index (χ4v) is 2.23. The number of rotatable bonds is 3. The van der Waals surface area contributed by atoms with Crippen molar-refractivity contribution in [1.29, 1.82) is 5.26 Å².